The van der Waals surface area contributed by atoms with E-state index in [1.165, 1.54) is 19.0 Å². The molecule has 0 bridgehead atoms. The fraction of sp³-hybridized carbons (Fsp3) is 0.625. The van der Waals surface area contributed by atoms with E-state index in [-0.39, 0.29) is 11.9 Å². The summed E-state index contributed by atoms with van der Waals surface area (Å²) in [7, 11) is 3.03. The second kappa shape index (κ2) is 4.97. The van der Waals surface area contributed by atoms with Gasteiger partial charge in [0.15, 0.2) is 6.61 Å². The molecule has 1 heterocycles. The lowest BCUT2D eigenvalue weighted by molar-refractivity contribution is -0.290. The molecule has 19 heavy (non-hydrogen) atoms. The van der Waals surface area contributed by atoms with Crippen LogP contribution in [0.1, 0.15) is 0 Å². The van der Waals surface area contributed by atoms with Crippen molar-refractivity contribution in [1.82, 2.24) is 15.0 Å². The lowest BCUT2D eigenvalue weighted by atomic mass is 10.3. The van der Waals surface area contributed by atoms with Gasteiger partial charge < -0.3 is 15.4 Å². The minimum Gasteiger partial charge on any atom is -0.456 e. The van der Waals surface area contributed by atoms with Crippen molar-refractivity contribution in [2.24, 2.45) is 0 Å². The minimum atomic E-state index is -5.71. The van der Waals surface area contributed by atoms with Crippen LogP contribution in [0.3, 0.4) is 0 Å². The van der Waals surface area contributed by atoms with Crippen LogP contribution in [0.15, 0.2) is 0 Å². The molecule has 1 aromatic heterocycles. The summed E-state index contributed by atoms with van der Waals surface area (Å²) in [6, 6.07) is -0.708. The molecule has 0 atom stereocenters. The van der Waals surface area contributed by atoms with Crippen LogP contribution in [0, 0.1) is 0 Å². The van der Waals surface area contributed by atoms with E-state index < -0.39 is 24.7 Å². The maximum atomic E-state index is 12.6. The first-order chi connectivity index (χ1) is 8.53. The third kappa shape index (κ3) is 3.76. The molecule has 1 rings (SSSR count). The molecular formula is C8H10F5N5O. The van der Waals surface area contributed by atoms with Crippen molar-refractivity contribution in [1.29, 1.82) is 0 Å². The average molecular weight is 287 g/mol. The van der Waals surface area contributed by atoms with Crippen molar-refractivity contribution in [3.63, 3.8) is 0 Å². The summed E-state index contributed by atoms with van der Waals surface area (Å²) in [5, 5.41) is 0. The summed E-state index contributed by atoms with van der Waals surface area (Å²) in [4.78, 5) is 11.8. The highest BCUT2D eigenvalue weighted by atomic mass is 19.4. The molecule has 6 nitrogen and oxygen atoms in total. The first-order valence-electron chi connectivity index (χ1n) is 4.79. The molecule has 2 N–H and O–H groups in total. The highest BCUT2D eigenvalue weighted by Crippen LogP contribution is 2.35. The predicted octanol–water partition coefficient (Wildman–Crippen LogP) is 1.10. The molecule has 0 aromatic carbocycles. The topological polar surface area (TPSA) is 77.2 Å². The first kappa shape index (κ1) is 15.1. The van der Waals surface area contributed by atoms with Gasteiger partial charge in [-0.3, -0.25) is 0 Å². The fourth-order valence-corrected chi connectivity index (χ4v) is 0.863. The number of nitrogens with zero attached hydrogens (tertiary/aromatic N) is 4. The van der Waals surface area contributed by atoms with Gasteiger partial charge in [-0.05, 0) is 0 Å². The summed E-state index contributed by atoms with van der Waals surface area (Å²) in [5.74, 6) is -5.39. The molecule has 108 valence electrons. The Bertz CT molecular complexity index is 450. The second-order valence-electron chi connectivity index (χ2n) is 3.66. The molecule has 11 heteroatoms. The van der Waals surface area contributed by atoms with E-state index >= 15 is 0 Å². The molecule has 0 aliphatic heterocycles. The third-order valence-electron chi connectivity index (χ3n) is 1.82. The molecule has 1 aromatic rings. The number of rotatable bonds is 4. The Morgan fingerprint density at radius 3 is 2.16 bits per heavy atom. The van der Waals surface area contributed by atoms with Crippen molar-refractivity contribution in [3.05, 3.63) is 0 Å². The normalized spacial score (nSPS) is 12.4. The Balaban J connectivity index is 2.84. The fourth-order valence-electron chi connectivity index (χ4n) is 0.863. The van der Waals surface area contributed by atoms with E-state index in [2.05, 4.69) is 19.7 Å². The van der Waals surface area contributed by atoms with Gasteiger partial charge in [0.2, 0.25) is 11.9 Å². The number of hydrogen-bond donors (Lipinski definition) is 1. The van der Waals surface area contributed by atoms with Gasteiger partial charge in [0.25, 0.3) is 0 Å². The van der Waals surface area contributed by atoms with Crippen LogP contribution in [-0.4, -0.2) is 47.8 Å². The molecule has 0 saturated heterocycles. The number of halogens is 5. The number of anilines is 2. The van der Waals surface area contributed by atoms with Gasteiger partial charge in [-0.15, -0.1) is 0 Å². The van der Waals surface area contributed by atoms with E-state index in [4.69, 9.17) is 5.73 Å². The van der Waals surface area contributed by atoms with Crippen LogP contribution in [0.4, 0.5) is 33.8 Å². The highest BCUT2D eigenvalue weighted by molar-refractivity contribution is 5.33. The first-order valence-corrected chi connectivity index (χ1v) is 4.79. The monoisotopic (exact) mass is 287 g/mol. The van der Waals surface area contributed by atoms with Crippen LogP contribution in [0.25, 0.3) is 0 Å². The highest BCUT2D eigenvalue weighted by Gasteiger charge is 2.58. The van der Waals surface area contributed by atoms with Gasteiger partial charge in [-0.1, -0.05) is 0 Å². The lowest BCUT2D eigenvalue weighted by Crippen LogP contribution is -2.42. The van der Waals surface area contributed by atoms with Crippen molar-refractivity contribution in [3.8, 4) is 6.01 Å². The standard InChI is InChI=1S/C8H10F5N5O/c1-18(2)5-15-4(14)16-6(17-5)19-3-7(9,10)8(11,12)13/h3H2,1-2H3,(H2,14,15,16,17). The van der Waals surface area contributed by atoms with Crippen LogP contribution in [-0.2, 0) is 0 Å². The zero-order chi connectivity index (χ0) is 14.8. The van der Waals surface area contributed by atoms with Gasteiger partial charge in [0.1, 0.15) is 0 Å². The smallest absolute Gasteiger partial charge is 0.456 e. The van der Waals surface area contributed by atoms with E-state index in [1.54, 1.807) is 0 Å². The van der Waals surface area contributed by atoms with Crippen LogP contribution in [0.2, 0.25) is 0 Å². The Hall–Kier alpha value is -1.94. The second-order valence-corrected chi connectivity index (χ2v) is 3.66. The summed E-state index contributed by atoms with van der Waals surface area (Å²) in [5.41, 5.74) is 5.24. The van der Waals surface area contributed by atoms with Crippen molar-refractivity contribution < 1.29 is 26.7 Å². The van der Waals surface area contributed by atoms with Gasteiger partial charge in [0, 0.05) is 14.1 Å². The Labute approximate surface area is 104 Å². The molecule has 0 aliphatic carbocycles. The van der Waals surface area contributed by atoms with Crippen LogP contribution in [0.5, 0.6) is 6.01 Å². The van der Waals surface area contributed by atoms with Crippen molar-refractivity contribution in [2.45, 2.75) is 12.1 Å². The number of alkyl halides is 5. The van der Waals surface area contributed by atoms with Gasteiger partial charge in [0.05, 0.1) is 0 Å². The van der Waals surface area contributed by atoms with E-state index in [9.17, 15) is 22.0 Å². The zero-order valence-corrected chi connectivity index (χ0v) is 9.87. The number of aromatic nitrogens is 3. The maximum Gasteiger partial charge on any atom is 0.456 e. The molecule has 0 radical (unpaired) electrons. The average Bonchev–Trinajstić information content (AvgIpc) is 2.24. The maximum absolute atomic E-state index is 12.6. The third-order valence-corrected chi connectivity index (χ3v) is 1.82. The Morgan fingerprint density at radius 2 is 1.68 bits per heavy atom. The summed E-state index contributed by atoms with van der Waals surface area (Å²) >= 11 is 0. The molecule has 0 amide bonds. The van der Waals surface area contributed by atoms with Crippen molar-refractivity contribution in [2.75, 3.05) is 31.3 Å². The Morgan fingerprint density at radius 1 is 1.11 bits per heavy atom. The zero-order valence-electron chi connectivity index (χ0n) is 9.87. The summed E-state index contributed by atoms with van der Waals surface area (Å²) in [6.45, 7) is -1.94. The SMILES string of the molecule is CN(C)c1nc(N)nc(OCC(F)(F)C(F)(F)F)n1. The summed E-state index contributed by atoms with van der Waals surface area (Å²) < 4.78 is 65.2. The van der Waals surface area contributed by atoms with Crippen LogP contribution < -0.4 is 15.4 Å². The van der Waals surface area contributed by atoms with E-state index in [1.807, 2.05) is 0 Å². The Kier molecular flexibility index (Phi) is 3.96. The number of hydrogen-bond acceptors (Lipinski definition) is 6. The molecule has 0 saturated carbocycles. The van der Waals surface area contributed by atoms with Gasteiger partial charge in [-0.2, -0.15) is 36.9 Å². The number of nitrogens with two attached hydrogens (primary N) is 1. The summed E-state index contributed by atoms with van der Waals surface area (Å²) in [6.07, 6.45) is -5.71. The number of nitrogen functional groups attached to an aromatic ring is 1. The number of ether oxygens (including phenoxy) is 1. The van der Waals surface area contributed by atoms with Crippen molar-refractivity contribution >= 4 is 11.9 Å². The minimum absolute atomic E-state index is 0.0298. The molecule has 0 fully saturated rings. The van der Waals surface area contributed by atoms with Gasteiger partial charge in [-0.25, -0.2) is 0 Å². The van der Waals surface area contributed by atoms with Gasteiger partial charge >= 0.3 is 18.1 Å². The van der Waals surface area contributed by atoms with Crippen LogP contribution >= 0.6 is 0 Å². The van der Waals surface area contributed by atoms with E-state index in [0.29, 0.717) is 0 Å². The quantitative estimate of drug-likeness (QED) is 0.835. The molecule has 0 unspecified atom stereocenters. The molecule has 0 aliphatic rings. The predicted molar refractivity (Wildman–Crippen MR) is 55.1 cm³/mol. The largest absolute Gasteiger partial charge is 0.456 e. The molecule has 0 spiro atoms. The van der Waals surface area contributed by atoms with E-state index in [0.717, 1.165) is 0 Å². The molecular weight excluding hydrogens is 277 g/mol. The lowest BCUT2D eigenvalue weighted by Gasteiger charge is -2.19.